The molecule has 11 heavy (non-hydrogen) atoms. The van der Waals surface area contributed by atoms with Crippen molar-refractivity contribution in [1.29, 1.82) is 0 Å². The smallest absolute Gasteiger partial charge is 0.172 e. The van der Waals surface area contributed by atoms with Gasteiger partial charge in [-0.1, -0.05) is 6.92 Å². The van der Waals surface area contributed by atoms with E-state index in [2.05, 4.69) is 0 Å². The standard InChI is InChI=1S/C8H10OS2/c1-3-6(9)7-4-5-8(10-2)11-7/h4-5H,3H2,1-2H3. The number of hydrogen-bond donors (Lipinski definition) is 0. The van der Waals surface area contributed by atoms with Crippen molar-refractivity contribution in [2.24, 2.45) is 0 Å². The fourth-order valence-corrected chi connectivity index (χ4v) is 2.31. The minimum atomic E-state index is 0.246. The SMILES string of the molecule is CCC(=O)c1ccc(SC)s1. The van der Waals surface area contributed by atoms with Crippen LogP contribution in [0.15, 0.2) is 16.3 Å². The van der Waals surface area contributed by atoms with Crippen LogP contribution in [-0.2, 0) is 0 Å². The number of ketones is 1. The highest BCUT2D eigenvalue weighted by Gasteiger charge is 2.05. The minimum Gasteiger partial charge on any atom is -0.293 e. The summed E-state index contributed by atoms with van der Waals surface area (Å²) >= 11 is 3.26. The Morgan fingerprint density at radius 2 is 2.36 bits per heavy atom. The molecule has 1 nitrogen and oxygen atoms in total. The molecular formula is C8H10OS2. The summed E-state index contributed by atoms with van der Waals surface area (Å²) in [6.07, 6.45) is 2.63. The summed E-state index contributed by atoms with van der Waals surface area (Å²) < 4.78 is 1.21. The monoisotopic (exact) mass is 186 g/mol. The molecule has 0 spiro atoms. The van der Waals surface area contributed by atoms with Crippen LogP contribution in [0.4, 0.5) is 0 Å². The predicted octanol–water partition coefficient (Wildman–Crippen LogP) is 3.06. The Balaban J connectivity index is 2.80. The lowest BCUT2D eigenvalue weighted by Gasteiger charge is -1.88. The molecule has 0 bridgehead atoms. The van der Waals surface area contributed by atoms with E-state index in [1.165, 1.54) is 4.21 Å². The second-order valence-corrected chi connectivity index (χ2v) is 4.29. The summed E-state index contributed by atoms with van der Waals surface area (Å²) in [7, 11) is 0. The van der Waals surface area contributed by atoms with Gasteiger partial charge in [0.15, 0.2) is 5.78 Å². The van der Waals surface area contributed by atoms with E-state index in [-0.39, 0.29) is 5.78 Å². The largest absolute Gasteiger partial charge is 0.293 e. The third kappa shape index (κ3) is 2.07. The first kappa shape index (κ1) is 8.81. The summed E-state index contributed by atoms with van der Waals surface area (Å²) in [4.78, 5) is 12.0. The lowest BCUT2D eigenvalue weighted by atomic mass is 10.3. The van der Waals surface area contributed by atoms with Gasteiger partial charge < -0.3 is 0 Å². The Hall–Kier alpha value is -0.280. The van der Waals surface area contributed by atoms with Crippen LogP contribution in [-0.4, -0.2) is 12.0 Å². The van der Waals surface area contributed by atoms with Gasteiger partial charge in [0.25, 0.3) is 0 Å². The van der Waals surface area contributed by atoms with Gasteiger partial charge in [0, 0.05) is 6.42 Å². The van der Waals surface area contributed by atoms with E-state index >= 15 is 0 Å². The van der Waals surface area contributed by atoms with Crippen LogP contribution in [0, 0.1) is 0 Å². The van der Waals surface area contributed by atoms with Crippen molar-refractivity contribution >= 4 is 28.9 Å². The Morgan fingerprint density at radius 1 is 1.64 bits per heavy atom. The minimum absolute atomic E-state index is 0.246. The third-order valence-electron chi connectivity index (χ3n) is 1.38. The van der Waals surface area contributed by atoms with Crippen LogP contribution in [0.5, 0.6) is 0 Å². The summed E-state index contributed by atoms with van der Waals surface area (Å²) in [6, 6.07) is 3.90. The van der Waals surface area contributed by atoms with Crippen LogP contribution in [0.2, 0.25) is 0 Å². The van der Waals surface area contributed by atoms with Gasteiger partial charge in [0.05, 0.1) is 9.09 Å². The van der Waals surface area contributed by atoms with Crippen LogP contribution in [0.25, 0.3) is 0 Å². The lowest BCUT2D eigenvalue weighted by Crippen LogP contribution is -1.90. The van der Waals surface area contributed by atoms with Gasteiger partial charge in [-0.3, -0.25) is 4.79 Å². The summed E-state index contributed by atoms with van der Waals surface area (Å²) in [6.45, 7) is 1.89. The van der Waals surface area contributed by atoms with Crippen molar-refractivity contribution in [1.82, 2.24) is 0 Å². The molecule has 0 saturated heterocycles. The molecular weight excluding hydrogens is 176 g/mol. The number of carbonyl (C=O) groups excluding carboxylic acids is 1. The summed E-state index contributed by atoms with van der Waals surface area (Å²) in [5.74, 6) is 0.246. The second-order valence-electron chi connectivity index (χ2n) is 2.10. The van der Waals surface area contributed by atoms with E-state index in [1.54, 1.807) is 23.1 Å². The zero-order valence-corrected chi connectivity index (χ0v) is 8.22. The van der Waals surface area contributed by atoms with E-state index in [0.717, 1.165) is 4.88 Å². The highest BCUT2D eigenvalue weighted by atomic mass is 32.2. The van der Waals surface area contributed by atoms with Gasteiger partial charge in [-0.25, -0.2) is 0 Å². The molecule has 0 amide bonds. The maximum atomic E-state index is 11.1. The maximum absolute atomic E-state index is 11.1. The molecule has 60 valence electrons. The van der Waals surface area contributed by atoms with Crippen molar-refractivity contribution in [3.8, 4) is 0 Å². The van der Waals surface area contributed by atoms with Gasteiger partial charge in [0.1, 0.15) is 0 Å². The molecule has 0 unspecified atom stereocenters. The molecule has 0 aromatic carbocycles. The fourth-order valence-electron chi connectivity index (χ4n) is 0.754. The predicted molar refractivity (Wildman–Crippen MR) is 50.7 cm³/mol. The summed E-state index contributed by atoms with van der Waals surface area (Å²) in [5, 5.41) is 0. The zero-order chi connectivity index (χ0) is 8.27. The molecule has 0 radical (unpaired) electrons. The normalized spacial score (nSPS) is 10.0. The van der Waals surface area contributed by atoms with Crippen molar-refractivity contribution in [3.05, 3.63) is 17.0 Å². The van der Waals surface area contributed by atoms with Crippen molar-refractivity contribution in [3.63, 3.8) is 0 Å². The first-order chi connectivity index (χ1) is 5.27. The van der Waals surface area contributed by atoms with Gasteiger partial charge in [0.2, 0.25) is 0 Å². The molecule has 0 fully saturated rings. The fraction of sp³-hybridized carbons (Fsp3) is 0.375. The van der Waals surface area contributed by atoms with E-state index in [1.807, 2.05) is 25.3 Å². The number of Topliss-reactive ketones (excluding diaryl/α,β-unsaturated/α-hetero) is 1. The average molecular weight is 186 g/mol. The number of hydrogen-bond acceptors (Lipinski definition) is 3. The van der Waals surface area contributed by atoms with Crippen LogP contribution < -0.4 is 0 Å². The number of thiophene rings is 1. The maximum Gasteiger partial charge on any atom is 0.172 e. The van der Waals surface area contributed by atoms with E-state index in [0.29, 0.717) is 6.42 Å². The van der Waals surface area contributed by atoms with Crippen molar-refractivity contribution in [2.75, 3.05) is 6.26 Å². The highest BCUT2D eigenvalue weighted by Crippen LogP contribution is 2.25. The molecule has 3 heteroatoms. The Bertz CT molecular complexity index is 252. The number of thioether (sulfide) groups is 1. The molecule has 1 rings (SSSR count). The van der Waals surface area contributed by atoms with Gasteiger partial charge >= 0.3 is 0 Å². The highest BCUT2D eigenvalue weighted by molar-refractivity contribution is 8.00. The third-order valence-corrected chi connectivity index (χ3v) is 3.59. The molecule has 1 heterocycles. The second kappa shape index (κ2) is 3.93. The first-order valence-corrected chi connectivity index (χ1v) is 5.49. The topological polar surface area (TPSA) is 17.1 Å². The Kier molecular flexibility index (Phi) is 3.15. The number of rotatable bonds is 3. The van der Waals surface area contributed by atoms with Crippen LogP contribution >= 0.6 is 23.1 Å². The average Bonchev–Trinajstić information content (AvgIpc) is 2.50. The van der Waals surface area contributed by atoms with E-state index in [4.69, 9.17) is 0 Å². The molecule has 1 aromatic heterocycles. The van der Waals surface area contributed by atoms with Gasteiger partial charge in [-0.05, 0) is 18.4 Å². The van der Waals surface area contributed by atoms with Crippen LogP contribution in [0.3, 0.4) is 0 Å². The molecule has 1 aromatic rings. The van der Waals surface area contributed by atoms with Gasteiger partial charge in [-0.15, -0.1) is 23.1 Å². The lowest BCUT2D eigenvalue weighted by molar-refractivity contribution is 0.0992. The Morgan fingerprint density at radius 3 is 2.82 bits per heavy atom. The molecule has 0 N–H and O–H groups in total. The van der Waals surface area contributed by atoms with Gasteiger partial charge in [-0.2, -0.15) is 0 Å². The van der Waals surface area contributed by atoms with E-state index in [9.17, 15) is 4.79 Å². The first-order valence-electron chi connectivity index (χ1n) is 3.45. The van der Waals surface area contributed by atoms with Crippen molar-refractivity contribution < 1.29 is 4.79 Å². The van der Waals surface area contributed by atoms with E-state index < -0.39 is 0 Å². The summed E-state index contributed by atoms with van der Waals surface area (Å²) in [5.41, 5.74) is 0. The van der Waals surface area contributed by atoms with Crippen LogP contribution in [0.1, 0.15) is 23.0 Å². The molecule has 0 atom stereocenters. The zero-order valence-electron chi connectivity index (χ0n) is 6.59. The molecule has 0 aliphatic rings. The quantitative estimate of drug-likeness (QED) is 0.533. The molecule has 0 aliphatic carbocycles. The Labute approximate surface area is 74.8 Å². The van der Waals surface area contributed by atoms with Crippen molar-refractivity contribution in [2.45, 2.75) is 17.6 Å². The molecule has 0 saturated carbocycles. The molecule has 0 aliphatic heterocycles. The number of carbonyl (C=O) groups is 1.